The molecule has 0 bridgehead atoms. The highest BCUT2D eigenvalue weighted by Gasteiger charge is 2.50. The van der Waals surface area contributed by atoms with Crippen molar-refractivity contribution in [3.05, 3.63) is 0 Å². The molecule has 0 aromatic heterocycles. The maximum Gasteiger partial charge on any atom is 0.215 e. The van der Waals surface area contributed by atoms with Gasteiger partial charge >= 0.3 is 0 Å². The lowest BCUT2D eigenvalue weighted by Crippen LogP contribution is -2.60. The van der Waals surface area contributed by atoms with Gasteiger partial charge in [0.05, 0.1) is 23.5 Å². The Labute approximate surface area is 132 Å². The molecular weight excluding hydrogens is 288 g/mol. The fourth-order valence-corrected chi connectivity index (χ4v) is 2.57. The molecule has 5 nitrogen and oxygen atoms in total. The van der Waals surface area contributed by atoms with Gasteiger partial charge in [-0.3, -0.25) is 0 Å². The topological polar surface area (TPSA) is 49.5 Å². The van der Waals surface area contributed by atoms with Crippen LogP contribution in [0.3, 0.4) is 0 Å². The van der Waals surface area contributed by atoms with E-state index in [2.05, 4.69) is 20.8 Å². The van der Waals surface area contributed by atoms with Crippen molar-refractivity contribution in [3.8, 4) is 0 Å². The van der Waals surface area contributed by atoms with Gasteiger partial charge in [-0.2, -0.15) is 0 Å². The van der Waals surface area contributed by atoms with Gasteiger partial charge in [0.15, 0.2) is 5.41 Å². The van der Waals surface area contributed by atoms with Gasteiger partial charge in [0.25, 0.3) is 0 Å². The molecule has 0 saturated carbocycles. The van der Waals surface area contributed by atoms with Crippen molar-refractivity contribution >= 4 is 10.2 Å². The van der Waals surface area contributed by atoms with E-state index in [1.807, 2.05) is 6.92 Å². The highest BCUT2D eigenvalue weighted by Crippen LogP contribution is 2.32. The number of ether oxygens (including phenoxy) is 5. The second-order valence-electron chi connectivity index (χ2n) is 5.70. The number of rotatable bonds is 13. The maximum absolute atomic E-state index is 6.08. The molecule has 1 rings (SSSR count). The molecule has 0 aromatic carbocycles. The average Bonchev–Trinajstić information content (AvgIpc) is 3.31. The Hall–Kier alpha value is 0.0169. The lowest BCUT2D eigenvalue weighted by atomic mass is 10.2. The Morgan fingerprint density at radius 2 is 1.43 bits per heavy atom. The van der Waals surface area contributed by atoms with Crippen LogP contribution in [0.5, 0.6) is 0 Å². The minimum absolute atomic E-state index is 0.199. The Balaban J connectivity index is 2.77. The highest BCUT2D eigenvalue weighted by molar-refractivity contribution is 6.14. The quantitative estimate of drug-likeness (QED) is 0.292. The van der Waals surface area contributed by atoms with Crippen molar-refractivity contribution < 1.29 is 23.7 Å². The third-order valence-corrected chi connectivity index (χ3v) is 5.00. The first-order chi connectivity index (χ1) is 10.0. The predicted molar refractivity (Wildman–Crippen MR) is 85.5 cm³/mol. The molecule has 0 N–H and O–H groups in total. The number of hydrogen-bond donors (Lipinski definition) is 0. The lowest BCUT2D eigenvalue weighted by Gasteiger charge is -2.45. The van der Waals surface area contributed by atoms with E-state index in [1.165, 1.54) is 0 Å². The van der Waals surface area contributed by atoms with E-state index in [9.17, 15) is 0 Å². The van der Waals surface area contributed by atoms with E-state index in [0.29, 0.717) is 36.7 Å². The largest absolute Gasteiger partial charge is 0.371 e. The van der Waals surface area contributed by atoms with Gasteiger partial charge in [-0.05, 0) is 26.2 Å². The molecule has 6 heteroatoms. The summed E-state index contributed by atoms with van der Waals surface area (Å²) in [6.07, 6.45) is 3.00. The van der Waals surface area contributed by atoms with Gasteiger partial charge < -0.3 is 23.7 Å². The van der Waals surface area contributed by atoms with Crippen molar-refractivity contribution in [2.75, 3.05) is 33.0 Å². The van der Waals surface area contributed by atoms with Crippen LogP contribution in [-0.2, 0) is 23.7 Å². The molecule has 21 heavy (non-hydrogen) atoms. The van der Waals surface area contributed by atoms with Crippen LogP contribution in [-0.4, -0.2) is 60.6 Å². The summed E-state index contributed by atoms with van der Waals surface area (Å²) in [5, 5.41) is 0. The van der Waals surface area contributed by atoms with Crippen molar-refractivity contribution in [2.24, 2.45) is 0 Å². The normalized spacial score (nSPS) is 21.4. The Bertz CT molecular complexity index is 277. The van der Waals surface area contributed by atoms with E-state index in [1.54, 1.807) is 0 Å². The summed E-state index contributed by atoms with van der Waals surface area (Å²) < 4.78 is 29.4. The zero-order chi connectivity index (χ0) is 15.8. The second-order valence-corrected chi connectivity index (χ2v) is 7.02. The summed E-state index contributed by atoms with van der Waals surface area (Å²) in [5.41, 5.74) is -0.806. The molecule has 1 aliphatic heterocycles. The molecule has 1 saturated heterocycles. The van der Waals surface area contributed by atoms with E-state index in [4.69, 9.17) is 23.7 Å². The molecule has 2 unspecified atom stereocenters. The molecular formula is C15H32O5Si. The molecule has 0 amide bonds. The summed E-state index contributed by atoms with van der Waals surface area (Å²) in [6, 6.07) is 0. The summed E-state index contributed by atoms with van der Waals surface area (Å²) in [6.45, 7) is 11.4. The average molecular weight is 321 g/mol. The zero-order valence-electron chi connectivity index (χ0n) is 14.3. The second kappa shape index (κ2) is 9.22. The molecule has 0 aliphatic carbocycles. The first kappa shape index (κ1) is 19.1. The third kappa shape index (κ3) is 5.96. The Morgan fingerprint density at radius 3 is 1.86 bits per heavy atom. The molecule has 2 atom stereocenters. The van der Waals surface area contributed by atoms with E-state index < -0.39 is 11.2 Å². The van der Waals surface area contributed by atoms with Gasteiger partial charge in [-0.15, -0.1) is 0 Å². The monoisotopic (exact) mass is 320 g/mol. The molecule has 1 aliphatic rings. The van der Waals surface area contributed by atoms with Crippen molar-refractivity contribution in [1.82, 2.24) is 0 Å². The maximum atomic E-state index is 6.08. The van der Waals surface area contributed by atoms with Gasteiger partial charge in [-0.25, -0.2) is 0 Å². The van der Waals surface area contributed by atoms with Gasteiger partial charge in [0.2, 0.25) is 5.79 Å². The fraction of sp³-hybridized carbons (Fsp3) is 1.00. The third-order valence-electron chi connectivity index (χ3n) is 3.52. The number of epoxide rings is 1. The SMILES string of the molecule is CCCOC(C)(OCCC)C([SiH3])(OCCC)OCC1CO1. The van der Waals surface area contributed by atoms with Crippen LogP contribution in [0.4, 0.5) is 0 Å². The first-order valence-electron chi connectivity index (χ1n) is 8.18. The summed E-state index contributed by atoms with van der Waals surface area (Å²) in [4.78, 5) is 0. The molecule has 1 heterocycles. The van der Waals surface area contributed by atoms with Crippen LogP contribution >= 0.6 is 0 Å². The molecule has 126 valence electrons. The predicted octanol–water partition coefficient (Wildman–Crippen LogP) is 1.42. The molecule has 0 aromatic rings. The van der Waals surface area contributed by atoms with Crippen LogP contribution in [0.1, 0.15) is 47.0 Å². The van der Waals surface area contributed by atoms with Crippen LogP contribution in [0, 0.1) is 0 Å². The molecule has 0 radical (unpaired) electrons. The van der Waals surface area contributed by atoms with E-state index in [-0.39, 0.29) is 6.10 Å². The number of hydrogen-bond acceptors (Lipinski definition) is 5. The van der Waals surface area contributed by atoms with Crippen molar-refractivity contribution in [2.45, 2.75) is 64.3 Å². The van der Waals surface area contributed by atoms with Crippen molar-refractivity contribution in [1.29, 1.82) is 0 Å². The summed E-state index contributed by atoms with van der Waals surface area (Å²) in [5.74, 6) is -0.866. The molecule has 1 fully saturated rings. The standard InChI is InChI=1S/C15H32O5Si/c1-5-8-17-14(4,18-9-6-2)15(21,19-10-7-3)20-12-13-11-16-13/h13H,5-12H2,1-4,21H3. The fourth-order valence-electron chi connectivity index (χ4n) is 1.91. The van der Waals surface area contributed by atoms with Crippen molar-refractivity contribution in [3.63, 3.8) is 0 Å². The summed E-state index contributed by atoms with van der Waals surface area (Å²) in [7, 11) is 0.657. The summed E-state index contributed by atoms with van der Waals surface area (Å²) >= 11 is 0. The van der Waals surface area contributed by atoms with Crippen LogP contribution in [0.2, 0.25) is 0 Å². The highest BCUT2D eigenvalue weighted by atomic mass is 28.1. The Kier molecular flexibility index (Phi) is 8.37. The van der Waals surface area contributed by atoms with Crippen LogP contribution < -0.4 is 0 Å². The minimum Gasteiger partial charge on any atom is -0.371 e. The van der Waals surface area contributed by atoms with E-state index in [0.717, 1.165) is 25.9 Å². The smallest absolute Gasteiger partial charge is 0.215 e. The van der Waals surface area contributed by atoms with Gasteiger partial charge in [-0.1, -0.05) is 20.8 Å². The lowest BCUT2D eigenvalue weighted by molar-refractivity contribution is -0.368. The molecule has 0 spiro atoms. The van der Waals surface area contributed by atoms with Gasteiger partial charge in [0.1, 0.15) is 6.10 Å². The first-order valence-corrected chi connectivity index (χ1v) is 9.18. The minimum atomic E-state index is -0.866. The Morgan fingerprint density at radius 1 is 0.952 bits per heavy atom. The zero-order valence-corrected chi connectivity index (χ0v) is 16.3. The van der Waals surface area contributed by atoms with Crippen LogP contribution in [0.25, 0.3) is 0 Å². The van der Waals surface area contributed by atoms with Gasteiger partial charge in [0, 0.05) is 19.8 Å². The van der Waals surface area contributed by atoms with Crippen LogP contribution in [0.15, 0.2) is 0 Å². The van der Waals surface area contributed by atoms with E-state index >= 15 is 0 Å².